The SMILES string of the molecule is CS(=O)(=O)Nc1ccc(NC2CCCc3sccc32)cc1. The number of fused-ring (bicyclic) bond motifs is 1. The molecule has 1 unspecified atom stereocenters. The summed E-state index contributed by atoms with van der Waals surface area (Å²) in [5.41, 5.74) is 3.01. The van der Waals surface area contributed by atoms with Crippen molar-refractivity contribution in [2.75, 3.05) is 16.3 Å². The number of hydrogen-bond donors (Lipinski definition) is 2. The Labute approximate surface area is 129 Å². The molecule has 0 radical (unpaired) electrons. The molecular formula is C15H18N2O2S2. The van der Waals surface area contributed by atoms with Crippen LogP contribution in [0.2, 0.25) is 0 Å². The summed E-state index contributed by atoms with van der Waals surface area (Å²) >= 11 is 1.83. The highest BCUT2D eigenvalue weighted by Crippen LogP contribution is 2.35. The van der Waals surface area contributed by atoms with Crippen LogP contribution < -0.4 is 10.0 Å². The average Bonchev–Trinajstić information content (AvgIpc) is 2.89. The molecule has 0 fully saturated rings. The Morgan fingerprint density at radius 2 is 1.86 bits per heavy atom. The molecule has 0 saturated heterocycles. The molecule has 1 heterocycles. The Bertz CT molecular complexity index is 720. The number of rotatable bonds is 4. The molecule has 2 aromatic rings. The van der Waals surface area contributed by atoms with Gasteiger partial charge in [-0.3, -0.25) is 4.72 Å². The molecule has 0 amide bonds. The number of anilines is 2. The number of aryl methyl sites for hydroxylation is 1. The molecule has 6 heteroatoms. The number of sulfonamides is 1. The Morgan fingerprint density at radius 3 is 2.57 bits per heavy atom. The first-order chi connectivity index (χ1) is 10.0. The van der Waals surface area contributed by atoms with E-state index < -0.39 is 10.0 Å². The molecule has 1 aliphatic carbocycles. The van der Waals surface area contributed by atoms with Gasteiger partial charge < -0.3 is 5.32 Å². The maximum atomic E-state index is 11.2. The number of nitrogens with one attached hydrogen (secondary N) is 2. The van der Waals surface area contributed by atoms with Crippen molar-refractivity contribution in [1.82, 2.24) is 0 Å². The van der Waals surface area contributed by atoms with Gasteiger partial charge in [0, 0.05) is 16.3 Å². The minimum absolute atomic E-state index is 0.355. The van der Waals surface area contributed by atoms with Crippen molar-refractivity contribution in [3.05, 3.63) is 46.2 Å². The molecule has 2 N–H and O–H groups in total. The number of hydrogen-bond acceptors (Lipinski definition) is 4. The van der Waals surface area contributed by atoms with Crippen molar-refractivity contribution in [3.8, 4) is 0 Å². The Balaban J connectivity index is 1.72. The molecule has 21 heavy (non-hydrogen) atoms. The monoisotopic (exact) mass is 322 g/mol. The molecule has 1 aliphatic rings. The van der Waals surface area contributed by atoms with Gasteiger partial charge in [-0.05, 0) is 60.5 Å². The van der Waals surface area contributed by atoms with Crippen LogP contribution in [0.5, 0.6) is 0 Å². The normalized spacial score (nSPS) is 18.0. The van der Waals surface area contributed by atoms with E-state index in [1.807, 2.05) is 23.5 Å². The van der Waals surface area contributed by atoms with Crippen LogP contribution in [0.15, 0.2) is 35.7 Å². The van der Waals surface area contributed by atoms with Gasteiger partial charge >= 0.3 is 0 Å². The van der Waals surface area contributed by atoms with Crippen LogP contribution in [0.1, 0.15) is 29.3 Å². The fourth-order valence-electron chi connectivity index (χ4n) is 2.69. The van der Waals surface area contributed by atoms with E-state index in [2.05, 4.69) is 21.5 Å². The lowest BCUT2D eigenvalue weighted by Gasteiger charge is -2.24. The Kier molecular flexibility index (Phi) is 3.91. The van der Waals surface area contributed by atoms with Crippen LogP contribution in [0, 0.1) is 0 Å². The fraction of sp³-hybridized carbons (Fsp3) is 0.333. The van der Waals surface area contributed by atoms with Gasteiger partial charge in [0.15, 0.2) is 0 Å². The number of benzene rings is 1. The molecule has 1 aromatic heterocycles. The lowest BCUT2D eigenvalue weighted by atomic mass is 9.94. The third kappa shape index (κ3) is 3.57. The van der Waals surface area contributed by atoms with Crippen molar-refractivity contribution in [2.24, 2.45) is 0 Å². The standard InChI is InChI=1S/C15H18N2O2S2/c1-21(18,19)17-12-7-5-11(6-8-12)16-14-3-2-4-15-13(14)9-10-20-15/h5-10,14,16-17H,2-4H2,1H3. The molecule has 0 bridgehead atoms. The summed E-state index contributed by atoms with van der Waals surface area (Å²) in [6, 6.07) is 9.94. The van der Waals surface area contributed by atoms with Gasteiger partial charge in [-0.1, -0.05) is 0 Å². The van der Waals surface area contributed by atoms with Crippen molar-refractivity contribution >= 4 is 32.7 Å². The predicted octanol–water partition coefficient (Wildman–Crippen LogP) is 3.61. The smallest absolute Gasteiger partial charge is 0.229 e. The molecular weight excluding hydrogens is 304 g/mol. The van der Waals surface area contributed by atoms with Gasteiger partial charge in [0.2, 0.25) is 10.0 Å². The average molecular weight is 322 g/mol. The van der Waals surface area contributed by atoms with Crippen LogP contribution in [0.4, 0.5) is 11.4 Å². The summed E-state index contributed by atoms with van der Waals surface area (Å²) in [5, 5.41) is 5.70. The van der Waals surface area contributed by atoms with E-state index >= 15 is 0 Å². The van der Waals surface area contributed by atoms with Crippen LogP contribution in [0.25, 0.3) is 0 Å². The predicted molar refractivity (Wildman–Crippen MR) is 88.5 cm³/mol. The summed E-state index contributed by atoms with van der Waals surface area (Å²) in [4.78, 5) is 1.48. The van der Waals surface area contributed by atoms with E-state index in [4.69, 9.17) is 0 Å². The highest BCUT2D eigenvalue weighted by Gasteiger charge is 2.20. The summed E-state index contributed by atoms with van der Waals surface area (Å²) in [7, 11) is -3.22. The van der Waals surface area contributed by atoms with Crippen LogP contribution in [-0.4, -0.2) is 14.7 Å². The van der Waals surface area contributed by atoms with Gasteiger partial charge in [-0.25, -0.2) is 8.42 Å². The third-order valence-corrected chi connectivity index (χ3v) is 5.18. The Morgan fingerprint density at radius 1 is 1.14 bits per heavy atom. The molecule has 0 aliphatic heterocycles. The minimum Gasteiger partial charge on any atom is -0.378 e. The van der Waals surface area contributed by atoms with Crippen LogP contribution >= 0.6 is 11.3 Å². The minimum atomic E-state index is -3.22. The van der Waals surface area contributed by atoms with Crippen LogP contribution in [-0.2, 0) is 16.4 Å². The van der Waals surface area contributed by atoms with Crippen molar-refractivity contribution in [3.63, 3.8) is 0 Å². The second-order valence-corrected chi connectivity index (χ2v) is 8.09. The van der Waals surface area contributed by atoms with Crippen molar-refractivity contribution in [2.45, 2.75) is 25.3 Å². The highest BCUT2D eigenvalue weighted by atomic mass is 32.2. The zero-order chi connectivity index (χ0) is 14.9. The zero-order valence-corrected chi connectivity index (χ0v) is 13.4. The van der Waals surface area contributed by atoms with Gasteiger partial charge in [0.25, 0.3) is 0 Å². The van der Waals surface area contributed by atoms with Gasteiger partial charge in [0.05, 0.1) is 12.3 Å². The summed E-state index contributed by atoms with van der Waals surface area (Å²) in [5.74, 6) is 0. The summed E-state index contributed by atoms with van der Waals surface area (Å²) in [6.45, 7) is 0. The summed E-state index contributed by atoms with van der Waals surface area (Å²) in [6.07, 6.45) is 4.67. The lowest BCUT2D eigenvalue weighted by molar-refractivity contribution is 0.606. The molecule has 1 atom stereocenters. The first-order valence-corrected chi connectivity index (χ1v) is 9.69. The zero-order valence-electron chi connectivity index (χ0n) is 11.8. The van der Waals surface area contributed by atoms with Crippen molar-refractivity contribution < 1.29 is 8.42 Å². The second-order valence-electron chi connectivity index (χ2n) is 5.34. The second kappa shape index (κ2) is 5.69. The molecule has 0 saturated carbocycles. The van der Waals surface area contributed by atoms with Gasteiger partial charge in [0.1, 0.15) is 0 Å². The van der Waals surface area contributed by atoms with Gasteiger partial charge in [-0.15, -0.1) is 11.3 Å². The topological polar surface area (TPSA) is 58.2 Å². The van der Waals surface area contributed by atoms with E-state index in [-0.39, 0.29) is 0 Å². The van der Waals surface area contributed by atoms with E-state index in [0.29, 0.717) is 11.7 Å². The highest BCUT2D eigenvalue weighted by molar-refractivity contribution is 7.92. The van der Waals surface area contributed by atoms with Gasteiger partial charge in [-0.2, -0.15) is 0 Å². The lowest BCUT2D eigenvalue weighted by Crippen LogP contribution is -2.15. The molecule has 0 spiro atoms. The largest absolute Gasteiger partial charge is 0.378 e. The summed E-state index contributed by atoms with van der Waals surface area (Å²) < 4.78 is 24.8. The Hall–Kier alpha value is -1.53. The molecule has 112 valence electrons. The fourth-order valence-corrected chi connectivity index (χ4v) is 4.24. The maximum absolute atomic E-state index is 11.2. The first kappa shape index (κ1) is 14.4. The number of thiophene rings is 1. The van der Waals surface area contributed by atoms with Crippen LogP contribution in [0.3, 0.4) is 0 Å². The quantitative estimate of drug-likeness (QED) is 0.904. The third-order valence-electron chi connectivity index (χ3n) is 3.58. The van der Waals surface area contributed by atoms with E-state index in [1.165, 1.54) is 23.3 Å². The molecule has 4 nitrogen and oxygen atoms in total. The van der Waals surface area contributed by atoms with E-state index in [0.717, 1.165) is 18.4 Å². The van der Waals surface area contributed by atoms with E-state index in [1.54, 1.807) is 12.1 Å². The van der Waals surface area contributed by atoms with Crippen molar-refractivity contribution in [1.29, 1.82) is 0 Å². The maximum Gasteiger partial charge on any atom is 0.229 e. The molecule has 1 aromatic carbocycles. The molecule has 3 rings (SSSR count). The first-order valence-electron chi connectivity index (χ1n) is 6.92. The van der Waals surface area contributed by atoms with E-state index in [9.17, 15) is 8.42 Å².